The summed E-state index contributed by atoms with van der Waals surface area (Å²) in [6, 6.07) is 27.9. The second-order valence-corrected chi connectivity index (χ2v) is 15.5. The minimum atomic E-state index is -2.56. The molecule has 1 heterocycles. The summed E-state index contributed by atoms with van der Waals surface area (Å²) in [5.74, 6) is 0.272. The number of halogens is 1. The van der Waals surface area contributed by atoms with Crippen molar-refractivity contribution in [3.8, 4) is 0 Å². The highest BCUT2D eigenvalue weighted by molar-refractivity contribution is 9.10. The van der Waals surface area contributed by atoms with E-state index >= 15 is 0 Å². The third kappa shape index (κ3) is 5.31. The average molecular weight is 552 g/mol. The molecule has 3 aromatic carbocycles. The van der Waals surface area contributed by atoms with Gasteiger partial charge in [0.1, 0.15) is 0 Å². The van der Waals surface area contributed by atoms with Gasteiger partial charge in [-0.15, -0.1) is 0 Å². The van der Waals surface area contributed by atoms with Crippen LogP contribution < -0.4 is 10.4 Å². The average Bonchev–Trinajstić information content (AvgIpc) is 3.16. The van der Waals surface area contributed by atoms with Crippen LogP contribution in [0.5, 0.6) is 0 Å². The summed E-state index contributed by atoms with van der Waals surface area (Å²) < 4.78 is 15.7. The van der Waals surface area contributed by atoms with E-state index in [0.717, 1.165) is 27.6 Å². The van der Waals surface area contributed by atoms with Crippen molar-refractivity contribution in [2.45, 2.75) is 45.9 Å². The van der Waals surface area contributed by atoms with Crippen molar-refractivity contribution in [3.05, 3.63) is 89.0 Å². The summed E-state index contributed by atoms with van der Waals surface area (Å²) in [6.07, 6.45) is 0. The molecule has 1 aromatic heterocycles. The van der Waals surface area contributed by atoms with Gasteiger partial charge < -0.3 is 9.16 Å². The molecular formula is C29H35BrN2O2Si. The van der Waals surface area contributed by atoms with Crippen molar-refractivity contribution in [2.24, 2.45) is 5.92 Å². The zero-order valence-electron chi connectivity index (χ0n) is 21.3. The third-order valence-electron chi connectivity index (χ3n) is 6.56. The molecule has 6 heteroatoms. The van der Waals surface area contributed by atoms with Gasteiger partial charge in [0.05, 0.1) is 17.8 Å². The van der Waals surface area contributed by atoms with Gasteiger partial charge in [0.15, 0.2) is 0 Å². The Kier molecular flexibility index (Phi) is 7.96. The quantitative estimate of drug-likeness (QED) is 0.234. The maximum absolute atomic E-state index is 7.15. The first kappa shape index (κ1) is 25.8. The monoisotopic (exact) mass is 550 g/mol. The van der Waals surface area contributed by atoms with Crippen molar-refractivity contribution in [3.63, 3.8) is 0 Å². The molecule has 0 bridgehead atoms. The summed E-state index contributed by atoms with van der Waals surface area (Å²) in [5, 5.41) is 8.61. The largest absolute Gasteiger partial charge is 0.407 e. The van der Waals surface area contributed by atoms with E-state index in [0.29, 0.717) is 13.2 Å². The maximum Gasteiger partial charge on any atom is 0.261 e. The van der Waals surface area contributed by atoms with Gasteiger partial charge in [-0.3, -0.25) is 4.68 Å². The first-order valence-electron chi connectivity index (χ1n) is 12.1. The highest BCUT2D eigenvalue weighted by Crippen LogP contribution is 2.37. The number of hydrogen-bond donors (Lipinski definition) is 0. The first-order valence-corrected chi connectivity index (χ1v) is 14.9. The Balaban J connectivity index is 1.66. The Morgan fingerprint density at radius 1 is 0.943 bits per heavy atom. The molecule has 184 valence electrons. The molecule has 0 amide bonds. The van der Waals surface area contributed by atoms with Gasteiger partial charge in [-0.25, -0.2) is 0 Å². The smallest absolute Gasteiger partial charge is 0.261 e. The van der Waals surface area contributed by atoms with Gasteiger partial charge >= 0.3 is 0 Å². The van der Waals surface area contributed by atoms with E-state index in [9.17, 15) is 0 Å². The molecule has 0 spiro atoms. The summed E-state index contributed by atoms with van der Waals surface area (Å²) >= 11 is 3.62. The minimum Gasteiger partial charge on any atom is -0.407 e. The van der Waals surface area contributed by atoms with Crippen LogP contribution in [0.1, 0.15) is 33.4 Å². The van der Waals surface area contributed by atoms with Crippen LogP contribution in [0.4, 0.5) is 0 Å². The van der Waals surface area contributed by atoms with Crippen molar-refractivity contribution in [1.82, 2.24) is 9.78 Å². The van der Waals surface area contributed by atoms with Crippen LogP contribution in [0, 0.1) is 5.92 Å². The molecule has 4 aromatic rings. The Morgan fingerprint density at radius 2 is 1.54 bits per heavy atom. The number of rotatable bonds is 9. The van der Waals surface area contributed by atoms with Crippen molar-refractivity contribution >= 4 is 45.5 Å². The Hall–Kier alpha value is -2.25. The van der Waals surface area contributed by atoms with Crippen LogP contribution in [-0.4, -0.2) is 31.8 Å². The maximum atomic E-state index is 7.15. The van der Waals surface area contributed by atoms with Gasteiger partial charge in [0.2, 0.25) is 0 Å². The molecule has 0 aliphatic carbocycles. The molecule has 35 heavy (non-hydrogen) atoms. The van der Waals surface area contributed by atoms with Gasteiger partial charge in [0, 0.05) is 30.1 Å². The lowest BCUT2D eigenvalue weighted by Gasteiger charge is -2.43. The minimum absolute atomic E-state index is 0.0374. The predicted octanol–water partition coefficient (Wildman–Crippen LogP) is 6.16. The van der Waals surface area contributed by atoms with Gasteiger partial charge in [-0.2, -0.15) is 5.10 Å². The molecule has 0 radical (unpaired) electrons. The van der Waals surface area contributed by atoms with Crippen molar-refractivity contribution in [2.75, 3.05) is 13.7 Å². The Morgan fingerprint density at radius 3 is 2.09 bits per heavy atom. The van der Waals surface area contributed by atoms with Crippen LogP contribution in [0.25, 0.3) is 10.9 Å². The molecule has 0 saturated carbocycles. The van der Waals surface area contributed by atoms with E-state index < -0.39 is 8.32 Å². The lowest BCUT2D eigenvalue weighted by Crippen LogP contribution is -2.66. The molecule has 0 saturated heterocycles. The zero-order valence-corrected chi connectivity index (χ0v) is 23.9. The zero-order chi connectivity index (χ0) is 25.1. The number of ether oxygens (including phenoxy) is 1. The molecule has 0 unspecified atom stereocenters. The summed E-state index contributed by atoms with van der Waals surface area (Å²) in [4.78, 5) is 0. The van der Waals surface area contributed by atoms with Crippen molar-refractivity contribution < 1.29 is 9.16 Å². The van der Waals surface area contributed by atoms with E-state index in [2.05, 4.69) is 127 Å². The van der Waals surface area contributed by atoms with Gasteiger partial charge in [-0.05, 0) is 39.5 Å². The number of benzene rings is 3. The fraction of sp³-hybridized carbons (Fsp3) is 0.345. The lowest BCUT2D eigenvalue weighted by atomic mass is 10.2. The van der Waals surface area contributed by atoms with E-state index in [1.54, 1.807) is 7.11 Å². The highest BCUT2D eigenvalue weighted by Gasteiger charge is 2.50. The second-order valence-electron chi connectivity index (χ2n) is 10.3. The third-order valence-corrected chi connectivity index (χ3v) is 12.1. The molecule has 0 aliphatic heterocycles. The molecule has 4 nitrogen and oxygen atoms in total. The normalized spacial score (nSPS) is 13.3. The van der Waals surface area contributed by atoms with Crippen LogP contribution in [0.2, 0.25) is 5.04 Å². The van der Waals surface area contributed by atoms with Gasteiger partial charge in [-0.1, -0.05) is 104 Å². The van der Waals surface area contributed by atoms with Crippen LogP contribution in [0.3, 0.4) is 0 Å². The predicted molar refractivity (Wildman–Crippen MR) is 151 cm³/mol. The summed E-state index contributed by atoms with van der Waals surface area (Å²) in [7, 11) is -0.844. The van der Waals surface area contributed by atoms with E-state index in [-0.39, 0.29) is 11.0 Å². The van der Waals surface area contributed by atoms with E-state index in [1.807, 2.05) is 0 Å². The number of methoxy groups -OCH3 is 1. The first-order chi connectivity index (χ1) is 16.8. The molecule has 4 rings (SSSR count). The summed E-state index contributed by atoms with van der Waals surface area (Å²) in [5.41, 5.74) is 2.08. The SMILES string of the molecule is COCc1nn(C[C@H](C)CO[Si](c2ccccc2)(c2ccccc2)C(C)(C)C)c2cc(Br)ccc12. The fourth-order valence-corrected chi connectivity index (χ4v) is 10.0. The fourth-order valence-electron chi connectivity index (χ4n) is 4.98. The lowest BCUT2D eigenvalue weighted by molar-refractivity contribution is 0.180. The summed E-state index contributed by atoms with van der Waals surface area (Å²) in [6.45, 7) is 11.1. The second kappa shape index (κ2) is 10.8. The number of hydrogen-bond acceptors (Lipinski definition) is 3. The van der Waals surface area contributed by atoms with Gasteiger partial charge in [0.25, 0.3) is 8.32 Å². The number of aromatic nitrogens is 2. The Bertz CT molecular complexity index is 1210. The van der Waals surface area contributed by atoms with Crippen LogP contribution >= 0.6 is 15.9 Å². The highest BCUT2D eigenvalue weighted by atomic mass is 79.9. The van der Waals surface area contributed by atoms with E-state index in [4.69, 9.17) is 14.3 Å². The number of nitrogens with zero attached hydrogens (tertiary/aromatic N) is 2. The van der Waals surface area contributed by atoms with Crippen molar-refractivity contribution in [1.29, 1.82) is 0 Å². The topological polar surface area (TPSA) is 36.3 Å². The van der Waals surface area contributed by atoms with E-state index in [1.165, 1.54) is 10.4 Å². The molecule has 0 aliphatic rings. The standard InChI is InChI=1S/C29H35BrN2O2Si/c1-22(19-32-28-18-23(30)16-17-26(28)27(31-32)21-33-5)20-34-35(29(2,3)4,24-12-8-6-9-13-24)25-14-10-7-11-15-25/h6-18,22H,19-21H2,1-5H3/t22-/m0/s1. The molecule has 0 N–H and O–H groups in total. The number of fused-ring (bicyclic) bond motifs is 1. The van der Waals surface area contributed by atoms with Crippen LogP contribution in [-0.2, 0) is 22.3 Å². The molecule has 0 fully saturated rings. The Labute approximate surface area is 218 Å². The van der Waals surface area contributed by atoms with Crippen LogP contribution in [0.15, 0.2) is 83.3 Å². The molecular weight excluding hydrogens is 516 g/mol. The molecule has 1 atom stereocenters.